The first-order valence-corrected chi connectivity index (χ1v) is 7.75. The molecule has 2 heterocycles. The van der Waals surface area contributed by atoms with E-state index in [0.717, 1.165) is 31.5 Å². The van der Waals surface area contributed by atoms with Crippen LogP contribution in [0.25, 0.3) is 0 Å². The first-order chi connectivity index (χ1) is 9.86. The molecule has 1 unspecified atom stereocenters. The molecule has 1 amide bonds. The van der Waals surface area contributed by atoms with E-state index in [0.29, 0.717) is 0 Å². The van der Waals surface area contributed by atoms with Crippen LogP contribution in [-0.2, 0) is 16.6 Å². The van der Waals surface area contributed by atoms with Crippen LogP contribution in [0.5, 0.6) is 0 Å². The van der Waals surface area contributed by atoms with Crippen LogP contribution in [0.4, 0.5) is 5.69 Å². The maximum Gasteiger partial charge on any atom is 0.246 e. The van der Waals surface area contributed by atoms with Crippen molar-refractivity contribution in [2.45, 2.75) is 51.5 Å². The van der Waals surface area contributed by atoms with Gasteiger partial charge >= 0.3 is 0 Å². The molecular weight excluding hydrogens is 260 g/mol. The quantitative estimate of drug-likeness (QED) is 0.859. The average molecular weight is 284 g/mol. The highest BCUT2D eigenvalue weighted by Crippen LogP contribution is 2.35. The van der Waals surface area contributed by atoms with Gasteiger partial charge in [-0.25, -0.2) is 0 Å². The first kappa shape index (κ1) is 14.2. The summed E-state index contributed by atoms with van der Waals surface area (Å²) in [6.07, 6.45) is 2.78. The van der Waals surface area contributed by atoms with Crippen LogP contribution in [0.2, 0.25) is 0 Å². The maximum absolute atomic E-state index is 12.2. The first-order valence-electron chi connectivity index (χ1n) is 7.75. The Kier molecular flexibility index (Phi) is 3.31. The molecule has 1 N–H and O–H groups in total. The molecule has 3 nitrogen and oxygen atoms in total. The molecule has 0 bridgehead atoms. The number of carbonyl (C=O) groups excluding carboxylic acids is 1. The van der Waals surface area contributed by atoms with Crippen LogP contribution in [0.1, 0.15) is 44.7 Å². The zero-order valence-corrected chi connectivity index (χ0v) is 13.2. The van der Waals surface area contributed by atoms with E-state index >= 15 is 0 Å². The van der Waals surface area contributed by atoms with Crippen molar-refractivity contribution in [3.05, 3.63) is 41.6 Å². The normalized spacial score (nSPS) is 22.2. The minimum Gasteiger partial charge on any atom is -0.359 e. The second-order valence-electron chi connectivity index (χ2n) is 7.18. The minimum atomic E-state index is -0.0442. The van der Waals surface area contributed by atoms with E-state index in [1.54, 1.807) is 0 Å². The highest BCUT2D eigenvalue weighted by molar-refractivity contribution is 5.88. The molecule has 112 valence electrons. The Morgan fingerprint density at radius 2 is 2.05 bits per heavy atom. The minimum absolute atomic E-state index is 0.0442. The van der Waals surface area contributed by atoms with E-state index in [1.807, 2.05) is 0 Å². The highest BCUT2D eigenvalue weighted by Gasteiger charge is 2.33. The number of carbonyl (C=O) groups is 1. The third-order valence-electron chi connectivity index (χ3n) is 4.58. The SMILES string of the molecule is C=C1CCC(N2CCc3cc(C(C)(C)C)ccc32)C(=O)N1. The molecule has 1 aromatic carbocycles. The maximum atomic E-state index is 12.2. The predicted octanol–water partition coefficient (Wildman–Crippen LogP) is 3.14. The smallest absolute Gasteiger partial charge is 0.246 e. The topological polar surface area (TPSA) is 32.3 Å². The zero-order chi connectivity index (χ0) is 15.2. The summed E-state index contributed by atoms with van der Waals surface area (Å²) < 4.78 is 0. The fourth-order valence-corrected chi connectivity index (χ4v) is 3.28. The van der Waals surface area contributed by atoms with Crippen molar-refractivity contribution in [1.29, 1.82) is 0 Å². The van der Waals surface area contributed by atoms with Crippen molar-refractivity contribution in [2.24, 2.45) is 0 Å². The van der Waals surface area contributed by atoms with Crippen molar-refractivity contribution in [2.75, 3.05) is 11.4 Å². The molecule has 2 aliphatic rings. The number of piperidine rings is 1. The average Bonchev–Trinajstić information content (AvgIpc) is 2.80. The Labute approximate surface area is 127 Å². The number of rotatable bonds is 1. The van der Waals surface area contributed by atoms with Gasteiger partial charge in [0.15, 0.2) is 0 Å². The van der Waals surface area contributed by atoms with Gasteiger partial charge in [-0.15, -0.1) is 0 Å². The molecule has 1 atom stereocenters. The van der Waals surface area contributed by atoms with Crippen LogP contribution in [0, 0.1) is 0 Å². The summed E-state index contributed by atoms with van der Waals surface area (Å²) in [5, 5.41) is 2.90. The summed E-state index contributed by atoms with van der Waals surface area (Å²) in [7, 11) is 0. The highest BCUT2D eigenvalue weighted by atomic mass is 16.2. The summed E-state index contributed by atoms with van der Waals surface area (Å²) in [4.78, 5) is 14.5. The molecule has 21 heavy (non-hydrogen) atoms. The number of allylic oxidation sites excluding steroid dienone is 1. The monoisotopic (exact) mass is 284 g/mol. The Bertz CT molecular complexity index is 598. The van der Waals surface area contributed by atoms with E-state index in [-0.39, 0.29) is 17.4 Å². The van der Waals surface area contributed by atoms with Gasteiger partial charge in [0.05, 0.1) is 0 Å². The van der Waals surface area contributed by atoms with Gasteiger partial charge < -0.3 is 10.2 Å². The second kappa shape index (κ2) is 4.90. The van der Waals surface area contributed by atoms with E-state index in [1.165, 1.54) is 16.8 Å². The molecule has 0 radical (unpaired) electrons. The predicted molar refractivity (Wildman–Crippen MR) is 86.5 cm³/mol. The van der Waals surface area contributed by atoms with Crippen molar-refractivity contribution in [3.63, 3.8) is 0 Å². The van der Waals surface area contributed by atoms with Crippen LogP contribution in [0.3, 0.4) is 0 Å². The second-order valence-corrected chi connectivity index (χ2v) is 7.18. The molecule has 1 aromatic rings. The van der Waals surface area contributed by atoms with E-state index < -0.39 is 0 Å². The lowest BCUT2D eigenvalue weighted by atomic mass is 9.86. The van der Waals surface area contributed by atoms with Crippen LogP contribution >= 0.6 is 0 Å². The summed E-state index contributed by atoms with van der Waals surface area (Å²) >= 11 is 0. The van der Waals surface area contributed by atoms with Gasteiger partial charge in [-0.1, -0.05) is 39.5 Å². The largest absolute Gasteiger partial charge is 0.359 e. The summed E-state index contributed by atoms with van der Waals surface area (Å²) in [5.74, 6) is 0.0963. The molecule has 3 rings (SSSR count). The molecule has 1 fully saturated rings. The van der Waals surface area contributed by atoms with Crippen molar-refractivity contribution >= 4 is 11.6 Å². The lowest BCUT2D eigenvalue weighted by Crippen LogP contribution is -2.49. The summed E-state index contributed by atoms with van der Waals surface area (Å²) in [6, 6.07) is 6.67. The summed E-state index contributed by atoms with van der Waals surface area (Å²) in [5.41, 5.74) is 4.99. The van der Waals surface area contributed by atoms with E-state index in [9.17, 15) is 4.79 Å². The van der Waals surface area contributed by atoms with Crippen LogP contribution in [-0.4, -0.2) is 18.5 Å². The third-order valence-corrected chi connectivity index (χ3v) is 4.58. The Morgan fingerprint density at radius 3 is 2.71 bits per heavy atom. The number of nitrogens with zero attached hydrogens (tertiary/aromatic N) is 1. The Morgan fingerprint density at radius 1 is 1.29 bits per heavy atom. The van der Waals surface area contributed by atoms with Crippen LogP contribution < -0.4 is 10.2 Å². The van der Waals surface area contributed by atoms with Gasteiger partial charge in [-0.3, -0.25) is 4.79 Å². The number of benzene rings is 1. The van der Waals surface area contributed by atoms with Gasteiger partial charge in [-0.05, 0) is 41.9 Å². The zero-order valence-electron chi connectivity index (χ0n) is 13.2. The van der Waals surface area contributed by atoms with Gasteiger partial charge in [0.2, 0.25) is 5.91 Å². The van der Waals surface area contributed by atoms with Gasteiger partial charge in [0, 0.05) is 17.9 Å². The van der Waals surface area contributed by atoms with E-state index in [2.05, 4.69) is 55.8 Å². The van der Waals surface area contributed by atoms with Crippen molar-refractivity contribution in [1.82, 2.24) is 5.32 Å². The number of anilines is 1. The lowest BCUT2D eigenvalue weighted by Gasteiger charge is -2.33. The number of amides is 1. The molecule has 2 aliphatic heterocycles. The molecule has 3 heteroatoms. The molecule has 0 aromatic heterocycles. The lowest BCUT2D eigenvalue weighted by molar-refractivity contribution is -0.122. The number of hydrogen-bond acceptors (Lipinski definition) is 2. The Balaban J connectivity index is 1.87. The third kappa shape index (κ3) is 2.57. The Hall–Kier alpha value is -1.77. The molecule has 1 saturated heterocycles. The van der Waals surface area contributed by atoms with Gasteiger partial charge in [0.25, 0.3) is 0 Å². The van der Waals surface area contributed by atoms with Crippen LogP contribution in [0.15, 0.2) is 30.5 Å². The fourth-order valence-electron chi connectivity index (χ4n) is 3.28. The molecular formula is C18H24N2O. The van der Waals surface area contributed by atoms with Crippen molar-refractivity contribution in [3.8, 4) is 0 Å². The fraction of sp³-hybridized carbons (Fsp3) is 0.500. The number of nitrogens with one attached hydrogen (secondary N) is 1. The van der Waals surface area contributed by atoms with Crippen molar-refractivity contribution < 1.29 is 4.79 Å². The van der Waals surface area contributed by atoms with E-state index in [4.69, 9.17) is 0 Å². The van der Waals surface area contributed by atoms with Gasteiger partial charge in [0.1, 0.15) is 6.04 Å². The molecule has 0 spiro atoms. The molecule has 0 aliphatic carbocycles. The van der Waals surface area contributed by atoms with Gasteiger partial charge in [-0.2, -0.15) is 0 Å². The summed E-state index contributed by atoms with van der Waals surface area (Å²) in [6.45, 7) is 11.5. The number of fused-ring (bicyclic) bond motifs is 1. The standard InChI is InChI=1S/C18H24N2O/c1-12-5-7-16(17(21)19-12)20-10-9-13-11-14(18(2,3)4)6-8-15(13)20/h6,8,11,16H,1,5,7,9-10H2,2-4H3,(H,19,21). The number of hydrogen-bond donors (Lipinski definition) is 1. The molecule has 0 saturated carbocycles.